The number of hydrogen-bond acceptors (Lipinski definition) is 2. The van der Waals surface area contributed by atoms with Gasteiger partial charge in [-0.1, -0.05) is 38.9 Å². The van der Waals surface area contributed by atoms with Crippen LogP contribution in [0.25, 0.3) is 0 Å². The molecule has 4 heteroatoms. The van der Waals surface area contributed by atoms with E-state index in [0.29, 0.717) is 12.0 Å². The normalized spacial score (nSPS) is 25.2. The molecule has 0 saturated heterocycles. The molecule has 0 radical (unpaired) electrons. The Bertz CT molecular complexity index is 512. The number of hydrogen-bond donors (Lipinski definition) is 2. The molecule has 1 amide bonds. The van der Waals surface area contributed by atoms with Crippen LogP contribution in [0.1, 0.15) is 45.6 Å². The molecular formula is C17H24N2OS. The minimum atomic E-state index is -0.0616. The van der Waals surface area contributed by atoms with Crippen molar-refractivity contribution in [2.45, 2.75) is 46.1 Å². The molecule has 0 spiro atoms. The number of benzene rings is 1. The van der Waals surface area contributed by atoms with E-state index in [-0.39, 0.29) is 5.91 Å². The molecule has 21 heavy (non-hydrogen) atoms. The highest BCUT2D eigenvalue weighted by molar-refractivity contribution is 7.80. The van der Waals surface area contributed by atoms with Gasteiger partial charge in [0.2, 0.25) is 5.91 Å². The number of nitrogens with one attached hydrogen (secondary N) is 2. The maximum Gasteiger partial charge on any atom is 0.221 e. The number of carbonyl (C=O) groups is 1. The van der Waals surface area contributed by atoms with Crippen LogP contribution in [0.15, 0.2) is 24.3 Å². The average Bonchev–Trinajstić information content (AvgIpc) is 2.44. The number of amides is 1. The maximum absolute atomic E-state index is 11.0. The molecule has 1 aromatic carbocycles. The molecule has 2 rings (SSSR count). The van der Waals surface area contributed by atoms with E-state index in [1.54, 1.807) is 0 Å². The number of rotatable bonds is 3. The molecule has 0 bridgehead atoms. The van der Waals surface area contributed by atoms with Crippen LogP contribution in [0.3, 0.4) is 0 Å². The van der Waals surface area contributed by atoms with E-state index >= 15 is 0 Å². The second-order valence-corrected chi connectivity index (χ2v) is 6.51. The van der Waals surface area contributed by atoms with Crippen LogP contribution in [-0.4, -0.2) is 16.9 Å². The molecule has 3 nitrogen and oxygen atoms in total. The summed E-state index contributed by atoms with van der Waals surface area (Å²) >= 11 is 5.53. The van der Waals surface area contributed by atoms with Gasteiger partial charge in [0.15, 0.2) is 0 Å². The molecule has 1 aromatic rings. The van der Waals surface area contributed by atoms with Crippen molar-refractivity contribution in [3.05, 3.63) is 29.8 Å². The van der Waals surface area contributed by atoms with Crippen LogP contribution in [0.5, 0.6) is 0 Å². The van der Waals surface area contributed by atoms with Crippen molar-refractivity contribution in [1.29, 1.82) is 0 Å². The standard InChI is InChI=1S/C17H24N2OS/c1-11-5-4-6-16(12(11)2)19-17(21)14-7-9-15(10-8-14)18-13(3)20/h7-12,16H,4-6H2,1-3H3,(H,18,20)(H,19,21)/t11-,12-,16+/m0/s1. The fraction of sp³-hybridized carbons (Fsp3) is 0.529. The number of anilines is 1. The van der Waals surface area contributed by atoms with Crippen LogP contribution in [0.2, 0.25) is 0 Å². The van der Waals surface area contributed by atoms with Crippen LogP contribution in [-0.2, 0) is 4.79 Å². The van der Waals surface area contributed by atoms with Gasteiger partial charge >= 0.3 is 0 Å². The van der Waals surface area contributed by atoms with Crippen LogP contribution >= 0.6 is 12.2 Å². The van der Waals surface area contributed by atoms with Crippen molar-refractivity contribution in [1.82, 2.24) is 5.32 Å². The molecule has 0 unspecified atom stereocenters. The monoisotopic (exact) mass is 304 g/mol. The quantitative estimate of drug-likeness (QED) is 0.836. The molecule has 3 atom stereocenters. The van der Waals surface area contributed by atoms with Crippen molar-refractivity contribution in [2.24, 2.45) is 11.8 Å². The minimum Gasteiger partial charge on any atom is -0.373 e. The Balaban J connectivity index is 1.98. The summed E-state index contributed by atoms with van der Waals surface area (Å²) < 4.78 is 0. The number of carbonyl (C=O) groups excluding carboxylic acids is 1. The largest absolute Gasteiger partial charge is 0.373 e. The third kappa shape index (κ3) is 4.27. The lowest BCUT2D eigenvalue weighted by Crippen LogP contribution is -2.43. The summed E-state index contributed by atoms with van der Waals surface area (Å²) in [5.41, 5.74) is 1.80. The summed E-state index contributed by atoms with van der Waals surface area (Å²) in [4.78, 5) is 11.8. The van der Waals surface area contributed by atoms with Crippen LogP contribution in [0.4, 0.5) is 5.69 Å². The van der Waals surface area contributed by atoms with Crippen LogP contribution in [0, 0.1) is 11.8 Å². The van der Waals surface area contributed by atoms with Gasteiger partial charge in [-0.05, 0) is 42.5 Å². The third-order valence-corrected chi connectivity index (χ3v) is 4.84. The second kappa shape index (κ2) is 7.03. The van der Waals surface area contributed by atoms with Gasteiger partial charge in [-0.15, -0.1) is 0 Å². The van der Waals surface area contributed by atoms with Crippen molar-refractivity contribution in [2.75, 3.05) is 5.32 Å². The molecule has 2 N–H and O–H groups in total. The fourth-order valence-corrected chi connectivity index (χ4v) is 3.23. The SMILES string of the molecule is CC(=O)Nc1ccc(C(=S)N[C@@H]2CCC[C@H](C)[C@@H]2C)cc1. The number of thiocarbonyl (C=S) groups is 1. The van der Waals surface area contributed by atoms with E-state index in [9.17, 15) is 4.79 Å². The Morgan fingerprint density at radius 2 is 1.86 bits per heavy atom. The summed E-state index contributed by atoms with van der Waals surface area (Å²) in [7, 11) is 0. The van der Waals surface area contributed by atoms with Crippen molar-refractivity contribution in [3.8, 4) is 0 Å². The van der Waals surface area contributed by atoms with Gasteiger partial charge in [0.25, 0.3) is 0 Å². The van der Waals surface area contributed by atoms with E-state index in [2.05, 4.69) is 24.5 Å². The predicted molar refractivity (Wildman–Crippen MR) is 91.5 cm³/mol. The maximum atomic E-state index is 11.0. The predicted octanol–water partition coefficient (Wildman–Crippen LogP) is 3.73. The van der Waals surface area contributed by atoms with E-state index in [0.717, 1.165) is 22.2 Å². The second-order valence-electron chi connectivity index (χ2n) is 6.11. The first-order valence-electron chi connectivity index (χ1n) is 7.66. The van der Waals surface area contributed by atoms with Crippen molar-refractivity contribution in [3.63, 3.8) is 0 Å². The fourth-order valence-electron chi connectivity index (χ4n) is 2.95. The molecule has 1 aliphatic rings. The highest BCUT2D eigenvalue weighted by Gasteiger charge is 2.27. The van der Waals surface area contributed by atoms with Gasteiger partial charge in [-0.2, -0.15) is 0 Å². The van der Waals surface area contributed by atoms with E-state index < -0.39 is 0 Å². The molecule has 114 valence electrons. The summed E-state index contributed by atoms with van der Waals surface area (Å²) in [6.45, 7) is 6.14. The third-order valence-electron chi connectivity index (χ3n) is 4.49. The summed E-state index contributed by atoms with van der Waals surface area (Å²) in [6, 6.07) is 8.15. The molecule has 0 heterocycles. The molecule has 1 aliphatic carbocycles. The topological polar surface area (TPSA) is 41.1 Å². The lowest BCUT2D eigenvalue weighted by Gasteiger charge is -2.35. The molecular weight excluding hydrogens is 280 g/mol. The summed E-state index contributed by atoms with van der Waals surface area (Å²) in [6.07, 6.45) is 3.78. The molecule has 1 fully saturated rings. The Morgan fingerprint density at radius 1 is 1.19 bits per heavy atom. The Kier molecular flexibility index (Phi) is 5.34. The van der Waals surface area contributed by atoms with Crippen molar-refractivity contribution < 1.29 is 4.79 Å². The Labute approximate surface area is 132 Å². The van der Waals surface area contributed by atoms with E-state index in [4.69, 9.17) is 12.2 Å². The highest BCUT2D eigenvalue weighted by atomic mass is 32.1. The Morgan fingerprint density at radius 3 is 2.48 bits per heavy atom. The van der Waals surface area contributed by atoms with E-state index in [1.165, 1.54) is 26.2 Å². The smallest absolute Gasteiger partial charge is 0.221 e. The lowest BCUT2D eigenvalue weighted by atomic mass is 9.78. The van der Waals surface area contributed by atoms with Crippen LogP contribution < -0.4 is 10.6 Å². The van der Waals surface area contributed by atoms with Crippen molar-refractivity contribution >= 4 is 28.8 Å². The van der Waals surface area contributed by atoms with Gasteiger partial charge in [-0.25, -0.2) is 0 Å². The average molecular weight is 304 g/mol. The van der Waals surface area contributed by atoms with Gasteiger partial charge in [0.1, 0.15) is 4.99 Å². The van der Waals surface area contributed by atoms with Gasteiger partial charge in [0.05, 0.1) is 0 Å². The highest BCUT2D eigenvalue weighted by Crippen LogP contribution is 2.29. The first kappa shape index (κ1) is 16.0. The molecule has 1 saturated carbocycles. The zero-order valence-corrected chi connectivity index (χ0v) is 13.8. The molecule has 0 aliphatic heterocycles. The molecule has 0 aromatic heterocycles. The lowest BCUT2D eigenvalue weighted by molar-refractivity contribution is -0.114. The first-order chi connectivity index (χ1) is 9.97. The van der Waals surface area contributed by atoms with E-state index in [1.807, 2.05) is 24.3 Å². The zero-order chi connectivity index (χ0) is 15.4. The minimum absolute atomic E-state index is 0.0616. The Hall–Kier alpha value is -1.42. The summed E-state index contributed by atoms with van der Waals surface area (Å²) in [5.74, 6) is 1.34. The van der Waals surface area contributed by atoms with Gasteiger partial charge in [0, 0.05) is 24.2 Å². The zero-order valence-electron chi connectivity index (χ0n) is 13.0. The van der Waals surface area contributed by atoms with Gasteiger partial charge < -0.3 is 10.6 Å². The summed E-state index contributed by atoms with van der Waals surface area (Å²) in [5, 5.41) is 6.28. The van der Waals surface area contributed by atoms with Gasteiger partial charge in [-0.3, -0.25) is 4.79 Å². The first-order valence-corrected chi connectivity index (χ1v) is 8.06.